The van der Waals surface area contributed by atoms with Crippen molar-refractivity contribution in [2.45, 2.75) is 32.0 Å². The lowest BCUT2D eigenvalue weighted by Crippen LogP contribution is -2.55. The molecule has 2 unspecified atom stereocenters. The molecule has 1 aliphatic rings. The van der Waals surface area contributed by atoms with Crippen LogP contribution < -0.4 is 16.2 Å². The first-order valence-corrected chi connectivity index (χ1v) is 7.87. The SMILES string of the molecule is CC(C)COc1ccc(Br)cc1CC1(N)C=CC=NC1N. The van der Waals surface area contributed by atoms with Gasteiger partial charge >= 0.3 is 0 Å². The molecular formula is C16H22BrN3O. The molecule has 0 aromatic heterocycles. The van der Waals surface area contributed by atoms with Crippen molar-refractivity contribution in [2.75, 3.05) is 6.61 Å². The van der Waals surface area contributed by atoms with Gasteiger partial charge in [0, 0.05) is 17.1 Å². The summed E-state index contributed by atoms with van der Waals surface area (Å²) in [4.78, 5) is 4.19. The van der Waals surface area contributed by atoms with Gasteiger partial charge in [-0.3, -0.25) is 4.99 Å². The number of ether oxygens (including phenoxy) is 1. The summed E-state index contributed by atoms with van der Waals surface area (Å²) in [7, 11) is 0. The summed E-state index contributed by atoms with van der Waals surface area (Å²) >= 11 is 3.50. The predicted molar refractivity (Wildman–Crippen MR) is 90.7 cm³/mol. The fourth-order valence-electron chi connectivity index (χ4n) is 2.18. The van der Waals surface area contributed by atoms with E-state index < -0.39 is 11.7 Å². The highest BCUT2D eigenvalue weighted by Gasteiger charge is 2.32. The third-order valence-corrected chi connectivity index (χ3v) is 3.87. The Kier molecular flexibility index (Phi) is 5.19. The highest BCUT2D eigenvalue weighted by atomic mass is 79.9. The molecule has 0 saturated heterocycles. The van der Waals surface area contributed by atoms with Crippen LogP contribution in [0.2, 0.25) is 0 Å². The fourth-order valence-corrected chi connectivity index (χ4v) is 2.59. The average Bonchev–Trinajstić information content (AvgIpc) is 2.41. The number of dihydropyridines is 1. The molecule has 1 aliphatic heterocycles. The van der Waals surface area contributed by atoms with Crippen molar-refractivity contribution < 1.29 is 4.74 Å². The highest BCUT2D eigenvalue weighted by molar-refractivity contribution is 9.10. The number of nitrogens with zero attached hydrogens (tertiary/aromatic N) is 1. The molecule has 0 amide bonds. The van der Waals surface area contributed by atoms with Crippen LogP contribution in [-0.2, 0) is 6.42 Å². The third-order valence-electron chi connectivity index (χ3n) is 3.38. The zero-order chi connectivity index (χ0) is 15.5. The fraction of sp³-hybridized carbons (Fsp3) is 0.438. The minimum absolute atomic E-state index is 0.445. The molecule has 21 heavy (non-hydrogen) atoms. The molecule has 4 nitrogen and oxygen atoms in total. The average molecular weight is 352 g/mol. The molecule has 5 heteroatoms. The monoisotopic (exact) mass is 351 g/mol. The number of allylic oxidation sites excluding steroid dienone is 1. The van der Waals surface area contributed by atoms with E-state index in [-0.39, 0.29) is 0 Å². The first-order chi connectivity index (χ1) is 9.90. The molecule has 0 radical (unpaired) electrons. The molecule has 1 aromatic rings. The van der Waals surface area contributed by atoms with E-state index in [4.69, 9.17) is 16.2 Å². The van der Waals surface area contributed by atoms with Gasteiger partial charge in [-0.25, -0.2) is 0 Å². The van der Waals surface area contributed by atoms with Crippen LogP contribution in [0.4, 0.5) is 0 Å². The second-order valence-electron chi connectivity index (χ2n) is 5.85. The number of benzene rings is 1. The van der Waals surface area contributed by atoms with Gasteiger partial charge in [0.05, 0.1) is 12.1 Å². The summed E-state index contributed by atoms with van der Waals surface area (Å²) in [6.07, 6.45) is 5.58. The largest absolute Gasteiger partial charge is 0.493 e. The minimum atomic E-state index is -0.689. The summed E-state index contributed by atoms with van der Waals surface area (Å²) in [5.74, 6) is 1.32. The van der Waals surface area contributed by atoms with Crippen LogP contribution in [0.5, 0.6) is 5.75 Å². The van der Waals surface area contributed by atoms with E-state index in [1.54, 1.807) is 6.21 Å². The molecular weight excluding hydrogens is 330 g/mol. The van der Waals surface area contributed by atoms with Crippen molar-refractivity contribution in [1.82, 2.24) is 0 Å². The molecule has 0 bridgehead atoms. The quantitative estimate of drug-likeness (QED) is 0.856. The van der Waals surface area contributed by atoms with Gasteiger partial charge < -0.3 is 16.2 Å². The van der Waals surface area contributed by atoms with Crippen molar-refractivity contribution in [2.24, 2.45) is 22.4 Å². The van der Waals surface area contributed by atoms with Crippen molar-refractivity contribution in [3.63, 3.8) is 0 Å². The van der Waals surface area contributed by atoms with E-state index in [1.807, 2.05) is 30.4 Å². The van der Waals surface area contributed by atoms with Crippen molar-refractivity contribution >= 4 is 22.1 Å². The summed E-state index contributed by atoms with van der Waals surface area (Å²) in [5.41, 5.74) is 12.8. The number of halogens is 1. The van der Waals surface area contributed by atoms with Crippen molar-refractivity contribution in [3.05, 3.63) is 40.4 Å². The standard InChI is InChI=1S/C16H22BrN3O/c1-11(2)10-21-14-5-4-13(17)8-12(14)9-16(19)6-3-7-20-15(16)18/h3-8,11,15H,9-10,18-19H2,1-2H3. The van der Waals surface area contributed by atoms with Gasteiger partial charge in [-0.2, -0.15) is 0 Å². The van der Waals surface area contributed by atoms with E-state index in [0.717, 1.165) is 15.8 Å². The zero-order valence-corrected chi connectivity index (χ0v) is 14.0. The normalized spacial score (nSPS) is 24.6. The van der Waals surface area contributed by atoms with E-state index in [0.29, 0.717) is 18.9 Å². The maximum atomic E-state index is 6.41. The number of hydrogen-bond donors (Lipinski definition) is 2. The summed E-state index contributed by atoms with van der Waals surface area (Å²) in [5, 5.41) is 0. The Morgan fingerprint density at radius 1 is 1.43 bits per heavy atom. The van der Waals surface area contributed by atoms with Gasteiger partial charge in [0.2, 0.25) is 0 Å². The van der Waals surface area contributed by atoms with Crippen LogP contribution in [0.25, 0.3) is 0 Å². The molecule has 0 spiro atoms. The molecule has 4 N–H and O–H groups in total. The second-order valence-corrected chi connectivity index (χ2v) is 6.76. The van der Waals surface area contributed by atoms with E-state index in [9.17, 15) is 0 Å². The first-order valence-electron chi connectivity index (χ1n) is 7.07. The van der Waals surface area contributed by atoms with Crippen LogP contribution in [0, 0.1) is 5.92 Å². The predicted octanol–water partition coefficient (Wildman–Crippen LogP) is 2.65. The maximum Gasteiger partial charge on any atom is 0.122 e. The van der Waals surface area contributed by atoms with Gasteiger partial charge in [0.25, 0.3) is 0 Å². The topological polar surface area (TPSA) is 73.6 Å². The van der Waals surface area contributed by atoms with Crippen molar-refractivity contribution in [3.8, 4) is 5.75 Å². The maximum absolute atomic E-state index is 6.41. The van der Waals surface area contributed by atoms with Gasteiger partial charge in [-0.15, -0.1) is 0 Å². The molecule has 0 fully saturated rings. The van der Waals surface area contributed by atoms with Crippen molar-refractivity contribution in [1.29, 1.82) is 0 Å². The summed E-state index contributed by atoms with van der Waals surface area (Å²) < 4.78 is 6.89. The van der Waals surface area contributed by atoms with Gasteiger partial charge in [0.1, 0.15) is 11.9 Å². The molecule has 0 saturated carbocycles. The third kappa shape index (κ3) is 4.15. The Labute approximate surface area is 134 Å². The minimum Gasteiger partial charge on any atom is -0.493 e. The Hall–Kier alpha value is -1.17. The lowest BCUT2D eigenvalue weighted by atomic mass is 9.87. The highest BCUT2D eigenvalue weighted by Crippen LogP contribution is 2.29. The van der Waals surface area contributed by atoms with Crippen LogP contribution >= 0.6 is 15.9 Å². The number of hydrogen-bond acceptors (Lipinski definition) is 4. The van der Waals surface area contributed by atoms with Crippen LogP contribution in [-0.4, -0.2) is 24.5 Å². The van der Waals surface area contributed by atoms with E-state index in [1.165, 1.54) is 0 Å². The van der Waals surface area contributed by atoms with Crippen LogP contribution in [0.1, 0.15) is 19.4 Å². The molecule has 1 heterocycles. The summed E-state index contributed by atoms with van der Waals surface area (Å²) in [6.45, 7) is 4.92. The number of aliphatic imine (C=N–C) groups is 1. The lowest BCUT2D eigenvalue weighted by Gasteiger charge is -2.32. The Bertz CT molecular complexity index is 556. The van der Waals surface area contributed by atoms with Crippen LogP contribution in [0.15, 0.2) is 39.8 Å². The Morgan fingerprint density at radius 3 is 2.86 bits per heavy atom. The Balaban J connectivity index is 2.23. The van der Waals surface area contributed by atoms with Gasteiger partial charge in [0.15, 0.2) is 0 Å². The number of rotatable bonds is 5. The van der Waals surface area contributed by atoms with E-state index >= 15 is 0 Å². The zero-order valence-electron chi connectivity index (χ0n) is 12.4. The molecule has 114 valence electrons. The lowest BCUT2D eigenvalue weighted by molar-refractivity contribution is 0.266. The molecule has 2 rings (SSSR count). The van der Waals surface area contributed by atoms with Gasteiger partial charge in [-0.1, -0.05) is 35.9 Å². The van der Waals surface area contributed by atoms with Gasteiger partial charge in [-0.05, 0) is 35.8 Å². The first kappa shape index (κ1) is 16.2. The number of nitrogens with two attached hydrogens (primary N) is 2. The molecule has 0 aliphatic carbocycles. The smallest absolute Gasteiger partial charge is 0.122 e. The second kappa shape index (κ2) is 6.73. The molecule has 2 atom stereocenters. The summed E-state index contributed by atoms with van der Waals surface area (Å²) in [6, 6.07) is 5.97. The van der Waals surface area contributed by atoms with Crippen LogP contribution in [0.3, 0.4) is 0 Å². The molecule has 1 aromatic carbocycles. The Morgan fingerprint density at radius 2 is 2.19 bits per heavy atom. The van der Waals surface area contributed by atoms with E-state index in [2.05, 4.69) is 34.8 Å².